The number of halogens is 3. The van der Waals surface area contributed by atoms with Crippen LogP contribution in [0.5, 0.6) is 0 Å². The summed E-state index contributed by atoms with van der Waals surface area (Å²) in [7, 11) is -0.152. The maximum absolute atomic E-state index is 13.0. The molecule has 3 heterocycles. The van der Waals surface area contributed by atoms with Crippen molar-refractivity contribution in [2.24, 2.45) is 0 Å². The van der Waals surface area contributed by atoms with Crippen LogP contribution in [0.25, 0.3) is 0 Å². The van der Waals surface area contributed by atoms with Crippen molar-refractivity contribution in [3.05, 3.63) is 48.0 Å². The van der Waals surface area contributed by atoms with E-state index in [9.17, 15) is 26.4 Å². The van der Waals surface area contributed by atoms with Crippen LogP contribution >= 0.6 is 0 Å². The number of amides is 1. The first-order chi connectivity index (χ1) is 16.7. The highest BCUT2D eigenvalue weighted by Crippen LogP contribution is 2.41. The number of piperidine rings is 1. The molecule has 1 amide bonds. The molecular formula is C22H27F3N4O6S. The van der Waals surface area contributed by atoms with E-state index in [1.165, 1.54) is 9.21 Å². The molecule has 0 radical (unpaired) electrons. The highest BCUT2D eigenvalue weighted by atomic mass is 32.2. The minimum atomic E-state index is -5.08. The van der Waals surface area contributed by atoms with Crippen molar-refractivity contribution in [1.82, 2.24) is 18.8 Å². The molecule has 1 spiro atoms. The zero-order chi connectivity index (χ0) is 26.9. The molecule has 2 aliphatic heterocycles. The SMILES string of the molecule is Cc1ccc(S(=O)(=O)N2CCC3(CC2)OC(C(=O)N(C)C)Cn2ccnc23)cc1.O=C(O)C(F)(F)F. The molecule has 1 aromatic carbocycles. The lowest BCUT2D eigenvalue weighted by atomic mass is 9.89. The van der Waals surface area contributed by atoms with Crippen molar-refractivity contribution in [3.63, 3.8) is 0 Å². The van der Waals surface area contributed by atoms with E-state index in [4.69, 9.17) is 14.6 Å². The molecule has 198 valence electrons. The highest BCUT2D eigenvalue weighted by Gasteiger charge is 2.48. The Kier molecular flexibility index (Phi) is 7.81. The van der Waals surface area contributed by atoms with Crippen LogP contribution in [0.4, 0.5) is 13.2 Å². The van der Waals surface area contributed by atoms with E-state index < -0.39 is 33.9 Å². The molecule has 1 unspecified atom stereocenters. The zero-order valence-corrected chi connectivity index (χ0v) is 20.7. The lowest BCUT2D eigenvalue weighted by Gasteiger charge is -2.45. The highest BCUT2D eigenvalue weighted by molar-refractivity contribution is 7.89. The predicted octanol–water partition coefficient (Wildman–Crippen LogP) is 1.99. The number of imidazole rings is 1. The van der Waals surface area contributed by atoms with E-state index in [0.717, 1.165) is 11.4 Å². The summed E-state index contributed by atoms with van der Waals surface area (Å²) in [6, 6.07) is 6.89. The average Bonchev–Trinajstić information content (AvgIpc) is 3.29. The molecule has 1 aromatic heterocycles. The molecule has 2 aromatic rings. The summed E-state index contributed by atoms with van der Waals surface area (Å²) >= 11 is 0. The number of carboxylic acids is 1. The van der Waals surface area contributed by atoms with Gasteiger partial charge in [-0.15, -0.1) is 0 Å². The number of aromatic nitrogens is 2. The quantitative estimate of drug-likeness (QED) is 0.642. The third kappa shape index (κ3) is 5.71. The maximum Gasteiger partial charge on any atom is 0.490 e. The lowest BCUT2D eigenvalue weighted by molar-refractivity contribution is -0.192. The molecule has 1 saturated heterocycles. The van der Waals surface area contributed by atoms with Crippen molar-refractivity contribution in [2.45, 2.75) is 49.1 Å². The third-order valence-corrected chi connectivity index (χ3v) is 7.91. The van der Waals surface area contributed by atoms with Crippen LogP contribution < -0.4 is 0 Å². The van der Waals surface area contributed by atoms with Gasteiger partial charge in [0.1, 0.15) is 11.4 Å². The smallest absolute Gasteiger partial charge is 0.475 e. The van der Waals surface area contributed by atoms with E-state index in [1.54, 1.807) is 44.6 Å². The van der Waals surface area contributed by atoms with E-state index in [2.05, 4.69) is 4.98 Å². The lowest BCUT2D eigenvalue weighted by Crippen LogP contribution is -2.54. The van der Waals surface area contributed by atoms with Crippen LogP contribution in [0.2, 0.25) is 0 Å². The number of benzene rings is 1. The summed E-state index contributed by atoms with van der Waals surface area (Å²) in [5.41, 5.74) is 0.262. The molecule has 4 rings (SSSR count). The standard InChI is InChI=1S/C20H26N4O4S.C2HF3O2/c1-15-4-6-16(7-5-15)29(26,27)24-11-8-20(9-12-24)19-21-10-13-23(19)14-17(28-20)18(25)22(2)3;3-2(4,5)1(6)7/h4-7,10,13,17H,8-9,11-12,14H2,1-3H3;(H,6,7). The monoisotopic (exact) mass is 532 g/mol. The number of aliphatic carboxylic acids is 1. The maximum atomic E-state index is 13.0. The van der Waals surface area contributed by atoms with Crippen LogP contribution in [0.3, 0.4) is 0 Å². The fraction of sp³-hybridized carbons (Fsp3) is 0.500. The molecule has 1 fully saturated rings. The summed E-state index contributed by atoms with van der Waals surface area (Å²) in [5, 5.41) is 7.12. The van der Waals surface area contributed by atoms with E-state index in [0.29, 0.717) is 37.4 Å². The number of carbonyl (C=O) groups is 2. The van der Waals surface area contributed by atoms with Gasteiger partial charge in [-0.2, -0.15) is 17.5 Å². The first kappa shape index (κ1) is 27.6. The molecule has 1 N–H and O–H groups in total. The number of carbonyl (C=O) groups excluding carboxylic acids is 1. The minimum absolute atomic E-state index is 0.0987. The first-order valence-corrected chi connectivity index (χ1v) is 12.4. The van der Waals surface area contributed by atoms with Crippen molar-refractivity contribution >= 4 is 21.9 Å². The van der Waals surface area contributed by atoms with Gasteiger partial charge in [-0.3, -0.25) is 4.79 Å². The summed E-state index contributed by atoms with van der Waals surface area (Å²) in [4.78, 5) is 27.7. The Bertz CT molecular complexity index is 1200. The Morgan fingerprint density at radius 2 is 1.72 bits per heavy atom. The topological polar surface area (TPSA) is 122 Å². The van der Waals surface area contributed by atoms with Crippen molar-refractivity contribution in [2.75, 3.05) is 27.2 Å². The molecule has 0 bridgehead atoms. The fourth-order valence-electron chi connectivity index (χ4n) is 4.10. The van der Waals surface area contributed by atoms with Gasteiger partial charge in [-0.25, -0.2) is 18.2 Å². The van der Waals surface area contributed by atoms with Gasteiger partial charge in [0.15, 0.2) is 6.10 Å². The number of sulfonamides is 1. The van der Waals surface area contributed by atoms with Gasteiger partial charge >= 0.3 is 12.1 Å². The zero-order valence-electron chi connectivity index (χ0n) is 19.9. The molecule has 0 aliphatic carbocycles. The Morgan fingerprint density at radius 1 is 1.17 bits per heavy atom. The van der Waals surface area contributed by atoms with E-state index in [-0.39, 0.29) is 5.91 Å². The minimum Gasteiger partial charge on any atom is -0.475 e. The van der Waals surface area contributed by atoms with Gasteiger partial charge in [0.05, 0.1) is 11.4 Å². The summed E-state index contributed by atoms with van der Waals surface area (Å²) in [5.74, 6) is -2.08. The van der Waals surface area contributed by atoms with Gasteiger partial charge in [0.2, 0.25) is 10.0 Å². The molecule has 10 nitrogen and oxygen atoms in total. The summed E-state index contributed by atoms with van der Waals surface area (Å²) < 4.78 is 67.6. The predicted molar refractivity (Wildman–Crippen MR) is 120 cm³/mol. The fourth-order valence-corrected chi connectivity index (χ4v) is 5.54. The average molecular weight is 533 g/mol. The summed E-state index contributed by atoms with van der Waals surface area (Å²) in [6.45, 7) is 2.96. The Hall–Kier alpha value is -2.97. The number of hydrogen-bond acceptors (Lipinski definition) is 6. The molecule has 1 atom stereocenters. The second-order valence-electron chi connectivity index (χ2n) is 8.76. The third-order valence-electron chi connectivity index (χ3n) is 6.00. The largest absolute Gasteiger partial charge is 0.490 e. The number of rotatable bonds is 3. The summed E-state index contributed by atoms with van der Waals surface area (Å²) in [6.07, 6.45) is -1.23. The van der Waals surface area contributed by atoms with Gasteiger partial charge in [0, 0.05) is 39.6 Å². The Labute approximate surface area is 206 Å². The number of carboxylic acid groups (broad SMARTS) is 1. The first-order valence-electron chi connectivity index (χ1n) is 10.9. The van der Waals surface area contributed by atoms with Crippen LogP contribution in [0.15, 0.2) is 41.6 Å². The van der Waals surface area contributed by atoms with Crippen LogP contribution in [0.1, 0.15) is 24.2 Å². The van der Waals surface area contributed by atoms with Gasteiger partial charge in [-0.05, 0) is 31.9 Å². The number of fused-ring (bicyclic) bond motifs is 2. The van der Waals surface area contributed by atoms with E-state index >= 15 is 0 Å². The van der Waals surface area contributed by atoms with Crippen LogP contribution in [-0.4, -0.2) is 83.6 Å². The second-order valence-corrected chi connectivity index (χ2v) is 10.7. The van der Waals surface area contributed by atoms with Gasteiger partial charge < -0.3 is 19.3 Å². The number of hydrogen-bond donors (Lipinski definition) is 1. The van der Waals surface area contributed by atoms with Gasteiger partial charge in [-0.1, -0.05) is 17.7 Å². The Morgan fingerprint density at radius 3 is 2.22 bits per heavy atom. The van der Waals surface area contributed by atoms with Gasteiger partial charge in [0.25, 0.3) is 5.91 Å². The van der Waals surface area contributed by atoms with Crippen LogP contribution in [-0.2, 0) is 36.5 Å². The van der Waals surface area contributed by atoms with Crippen molar-refractivity contribution < 1.29 is 41.0 Å². The Balaban J connectivity index is 0.000000454. The number of alkyl halides is 3. The van der Waals surface area contributed by atoms with Crippen molar-refractivity contribution in [1.29, 1.82) is 0 Å². The second kappa shape index (κ2) is 10.2. The number of ether oxygens (including phenoxy) is 1. The van der Waals surface area contributed by atoms with Crippen LogP contribution in [0, 0.1) is 6.92 Å². The molecule has 2 aliphatic rings. The van der Waals surface area contributed by atoms with Crippen molar-refractivity contribution in [3.8, 4) is 0 Å². The van der Waals surface area contributed by atoms with E-state index in [1.807, 2.05) is 17.7 Å². The number of aryl methyl sites for hydroxylation is 1. The molecule has 14 heteroatoms. The number of nitrogens with zero attached hydrogens (tertiary/aromatic N) is 4. The number of likely N-dealkylation sites (N-methyl/N-ethyl adjacent to an activating group) is 1. The molecule has 36 heavy (non-hydrogen) atoms. The molecule has 0 saturated carbocycles. The molecular weight excluding hydrogens is 505 g/mol. The normalized spacial score (nSPS) is 19.7.